The van der Waals surface area contributed by atoms with Crippen molar-refractivity contribution in [2.75, 3.05) is 13.1 Å². The minimum Gasteiger partial charge on any atom is -0.444 e. The van der Waals surface area contributed by atoms with Gasteiger partial charge in [0.05, 0.1) is 12.2 Å². The number of aliphatic hydroxyl groups is 1. The van der Waals surface area contributed by atoms with E-state index in [-0.39, 0.29) is 24.0 Å². The van der Waals surface area contributed by atoms with Crippen LogP contribution in [0.3, 0.4) is 0 Å². The summed E-state index contributed by atoms with van der Waals surface area (Å²) in [6.45, 7) is 7.34. The number of rotatable bonds is 5. The topological polar surface area (TPSA) is 82.7 Å². The molecule has 0 saturated heterocycles. The molecule has 2 aromatic rings. The fourth-order valence-corrected chi connectivity index (χ4v) is 3.18. The van der Waals surface area contributed by atoms with Crippen molar-refractivity contribution in [1.29, 1.82) is 0 Å². The van der Waals surface area contributed by atoms with Gasteiger partial charge in [-0.15, -0.1) is 24.0 Å². The van der Waals surface area contributed by atoms with Gasteiger partial charge in [0.15, 0.2) is 5.96 Å². The average Bonchev–Trinajstić information content (AvgIpc) is 3.11. The summed E-state index contributed by atoms with van der Waals surface area (Å²) in [6.07, 6.45) is 1.62. The summed E-state index contributed by atoms with van der Waals surface area (Å²) >= 11 is 0. The highest BCUT2D eigenvalue weighted by molar-refractivity contribution is 14.0. The molecule has 142 valence electrons. The number of fused-ring (bicyclic) bond motifs is 1. The molecule has 1 heterocycles. The van der Waals surface area contributed by atoms with Gasteiger partial charge in [0, 0.05) is 6.54 Å². The fourth-order valence-electron chi connectivity index (χ4n) is 3.18. The van der Waals surface area contributed by atoms with Crippen LogP contribution in [0.25, 0.3) is 0 Å². The van der Waals surface area contributed by atoms with Crippen molar-refractivity contribution in [3.63, 3.8) is 0 Å². The fraction of sp³-hybridized carbons (Fsp3) is 0.474. The predicted octanol–water partition coefficient (Wildman–Crippen LogP) is 2.80. The normalized spacial score (nSPS) is 19.0. The second kappa shape index (κ2) is 8.85. The molecule has 7 heteroatoms. The molecule has 3 N–H and O–H groups in total. The number of guanidine groups is 1. The standard InChI is InChI=1S/C19H26N4O2.HI/c1-4-20-18(21-11-17-23-13(2)14(3)25-17)22-12-19(24)10-9-15-7-5-6-8-16(15)19;/h5-8,24H,4,9-12H2,1-3H3,(H2,20,21,22);1H. The molecule has 1 aliphatic carbocycles. The van der Waals surface area contributed by atoms with E-state index in [0.717, 1.165) is 36.4 Å². The Morgan fingerprint density at radius 1 is 1.31 bits per heavy atom. The number of hydrogen-bond donors (Lipinski definition) is 3. The molecule has 26 heavy (non-hydrogen) atoms. The molecule has 3 rings (SSSR count). The zero-order chi connectivity index (χ0) is 17.9. The number of benzene rings is 1. The monoisotopic (exact) mass is 470 g/mol. The van der Waals surface area contributed by atoms with E-state index in [1.54, 1.807) is 0 Å². The summed E-state index contributed by atoms with van der Waals surface area (Å²) in [5, 5.41) is 17.5. The summed E-state index contributed by atoms with van der Waals surface area (Å²) in [5.41, 5.74) is 2.26. The first-order valence-corrected chi connectivity index (χ1v) is 8.77. The van der Waals surface area contributed by atoms with E-state index in [0.29, 0.717) is 24.9 Å². The van der Waals surface area contributed by atoms with Crippen molar-refractivity contribution in [3.8, 4) is 0 Å². The van der Waals surface area contributed by atoms with Crippen LogP contribution in [0.15, 0.2) is 33.7 Å². The van der Waals surface area contributed by atoms with Crippen molar-refractivity contribution in [3.05, 3.63) is 52.7 Å². The Morgan fingerprint density at radius 2 is 2.08 bits per heavy atom. The van der Waals surface area contributed by atoms with E-state index in [1.807, 2.05) is 39.0 Å². The Morgan fingerprint density at radius 3 is 2.77 bits per heavy atom. The van der Waals surface area contributed by atoms with Gasteiger partial charge in [0.25, 0.3) is 0 Å². The summed E-state index contributed by atoms with van der Waals surface area (Å²) in [7, 11) is 0. The number of aryl methyl sites for hydroxylation is 3. The molecule has 0 saturated carbocycles. The average molecular weight is 470 g/mol. The molecule has 1 unspecified atom stereocenters. The minimum atomic E-state index is -0.858. The molecular formula is C19H27IN4O2. The lowest BCUT2D eigenvalue weighted by Gasteiger charge is -2.25. The van der Waals surface area contributed by atoms with E-state index in [1.165, 1.54) is 5.56 Å². The highest BCUT2D eigenvalue weighted by Crippen LogP contribution is 2.36. The second-order valence-electron chi connectivity index (χ2n) is 6.49. The summed E-state index contributed by atoms with van der Waals surface area (Å²) in [5.74, 6) is 2.06. The van der Waals surface area contributed by atoms with E-state index in [9.17, 15) is 5.11 Å². The van der Waals surface area contributed by atoms with Crippen molar-refractivity contribution in [2.45, 2.75) is 45.8 Å². The molecule has 1 atom stereocenters. The van der Waals surface area contributed by atoms with E-state index in [4.69, 9.17) is 4.42 Å². The highest BCUT2D eigenvalue weighted by atomic mass is 127. The smallest absolute Gasteiger partial charge is 0.216 e. The molecule has 1 aliphatic rings. The van der Waals surface area contributed by atoms with E-state index >= 15 is 0 Å². The first kappa shape index (κ1) is 20.7. The van der Waals surface area contributed by atoms with Crippen LogP contribution >= 0.6 is 24.0 Å². The lowest BCUT2D eigenvalue weighted by atomic mass is 9.96. The Bertz CT molecular complexity index is 755. The molecule has 0 aliphatic heterocycles. The third-order valence-electron chi connectivity index (χ3n) is 4.66. The number of aromatic nitrogens is 1. The van der Waals surface area contributed by atoms with Crippen LogP contribution in [0.1, 0.15) is 41.8 Å². The van der Waals surface area contributed by atoms with Crippen LogP contribution in [0.4, 0.5) is 0 Å². The molecule has 0 amide bonds. The van der Waals surface area contributed by atoms with Gasteiger partial charge in [-0.2, -0.15) is 0 Å². The van der Waals surface area contributed by atoms with Gasteiger partial charge in [-0.1, -0.05) is 24.3 Å². The number of halogens is 1. The third kappa shape index (κ3) is 4.56. The van der Waals surface area contributed by atoms with Crippen LogP contribution in [-0.2, 0) is 18.6 Å². The van der Waals surface area contributed by atoms with Crippen LogP contribution < -0.4 is 10.6 Å². The van der Waals surface area contributed by atoms with Gasteiger partial charge in [0.2, 0.25) is 5.89 Å². The number of nitrogens with zero attached hydrogens (tertiary/aromatic N) is 2. The van der Waals surface area contributed by atoms with Gasteiger partial charge >= 0.3 is 0 Å². The first-order chi connectivity index (χ1) is 12.0. The highest BCUT2D eigenvalue weighted by Gasteiger charge is 2.36. The molecule has 0 spiro atoms. The van der Waals surface area contributed by atoms with Crippen molar-refractivity contribution < 1.29 is 9.52 Å². The van der Waals surface area contributed by atoms with E-state index < -0.39 is 5.60 Å². The van der Waals surface area contributed by atoms with Gasteiger partial charge in [0.1, 0.15) is 17.9 Å². The predicted molar refractivity (Wildman–Crippen MR) is 113 cm³/mol. The molecular weight excluding hydrogens is 443 g/mol. The largest absolute Gasteiger partial charge is 0.444 e. The lowest BCUT2D eigenvalue weighted by molar-refractivity contribution is 0.0432. The number of aliphatic imine (C=N–C) groups is 1. The molecule has 1 aromatic heterocycles. The van der Waals surface area contributed by atoms with Crippen molar-refractivity contribution in [2.24, 2.45) is 4.99 Å². The molecule has 0 bridgehead atoms. The Kier molecular flexibility index (Phi) is 7.05. The number of hydrogen-bond acceptors (Lipinski definition) is 4. The Hall–Kier alpha value is -1.61. The quantitative estimate of drug-likeness (QED) is 0.356. The second-order valence-corrected chi connectivity index (χ2v) is 6.49. The van der Waals surface area contributed by atoms with E-state index in [2.05, 4.69) is 26.7 Å². The summed E-state index contributed by atoms with van der Waals surface area (Å²) < 4.78 is 5.56. The molecule has 6 nitrogen and oxygen atoms in total. The Labute approximate surface area is 171 Å². The minimum absolute atomic E-state index is 0. The first-order valence-electron chi connectivity index (χ1n) is 8.77. The zero-order valence-corrected chi connectivity index (χ0v) is 17.8. The SMILES string of the molecule is CCNC(=NCc1nc(C)c(C)o1)NCC1(O)CCc2ccccc21.I. The molecule has 1 aromatic carbocycles. The van der Waals surface area contributed by atoms with Gasteiger partial charge < -0.3 is 20.2 Å². The van der Waals surface area contributed by atoms with Gasteiger partial charge in [-0.3, -0.25) is 0 Å². The number of nitrogens with one attached hydrogen (secondary N) is 2. The summed E-state index contributed by atoms with van der Waals surface area (Å²) in [6, 6.07) is 8.08. The zero-order valence-electron chi connectivity index (χ0n) is 15.5. The Balaban J connectivity index is 0.00000243. The lowest BCUT2D eigenvalue weighted by Crippen LogP contribution is -2.45. The number of oxazole rings is 1. The van der Waals surface area contributed by atoms with Crippen LogP contribution in [-0.4, -0.2) is 29.1 Å². The van der Waals surface area contributed by atoms with Crippen LogP contribution in [0.2, 0.25) is 0 Å². The van der Waals surface area contributed by atoms with Crippen molar-refractivity contribution in [1.82, 2.24) is 15.6 Å². The van der Waals surface area contributed by atoms with Crippen LogP contribution in [0, 0.1) is 13.8 Å². The van der Waals surface area contributed by atoms with Crippen LogP contribution in [0.5, 0.6) is 0 Å². The maximum absolute atomic E-state index is 11.0. The maximum Gasteiger partial charge on any atom is 0.216 e. The molecule has 0 fully saturated rings. The van der Waals surface area contributed by atoms with Gasteiger partial charge in [-0.05, 0) is 44.7 Å². The molecule has 0 radical (unpaired) electrons. The summed E-state index contributed by atoms with van der Waals surface area (Å²) in [4.78, 5) is 8.86. The van der Waals surface area contributed by atoms with Crippen molar-refractivity contribution >= 4 is 29.9 Å². The maximum atomic E-state index is 11.0. The van der Waals surface area contributed by atoms with Gasteiger partial charge in [-0.25, -0.2) is 9.98 Å². The third-order valence-corrected chi connectivity index (χ3v) is 4.66.